The molecule has 3 heterocycles. The van der Waals surface area contributed by atoms with Crippen LogP contribution >= 0.6 is 0 Å². The summed E-state index contributed by atoms with van der Waals surface area (Å²) < 4.78 is 10.7. The molecule has 0 aliphatic rings. The van der Waals surface area contributed by atoms with E-state index in [1.54, 1.807) is 49.4 Å². The van der Waals surface area contributed by atoms with E-state index >= 15 is 0 Å². The molecule has 164 valence electrons. The first-order chi connectivity index (χ1) is 15.3. The number of carbonyl (C=O) groups excluding carboxylic acids is 2. The Hall–Kier alpha value is -3.94. The van der Waals surface area contributed by atoms with Gasteiger partial charge in [-0.05, 0) is 69.7 Å². The molecule has 3 aromatic heterocycles. The lowest BCUT2D eigenvalue weighted by Crippen LogP contribution is -2.42. The van der Waals surface area contributed by atoms with Crippen LogP contribution in [-0.2, 0) is 0 Å². The maximum absolute atomic E-state index is 13.1. The lowest BCUT2D eigenvalue weighted by molar-refractivity contribution is 0.0911. The van der Waals surface area contributed by atoms with E-state index in [0.717, 1.165) is 6.42 Å². The summed E-state index contributed by atoms with van der Waals surface area (Å²) in [4.78, 5) is 30.0. The first-order valence-electron chi connectivity index (χ1n) is 10.3. The maximum Gasteiger partial charge on any atom is 0.259 e. The second-order valence-corrected chi connectivity index (χ2v) is 8.20. The molecular formula is C24H24N4O4. The zero-order valence-electron chi connectivity index (χ0n) is 18.4. The summed E-state index contributed by atoms with van der Waals surface area (Å²) in [7, 11) is 0. The van der Waals surface area contributed by atoms with Crippen LogP contribution in [0.15, 0.2) is 57.7 Å². The van der Waals surface area contributed by atoms with Crippen molar-refractivity contribution in [1.82, 2.24) is 15.5 Å². The molecule has 2 N–H and O–H groups in total. The average Bonchev–Trinajstić information content (AvgIpc) is 3.44. The lowest BCUT2D eigenvalue weighted by Gasteiger charge is -2.24. The van der Waals surface area contributed by atoms with Crippen LogP contribution < -0.4 is 10.6 Å². The highest BCUT2D eigenvalue weighted by Gasteiger charge is 2.21. The third-order valence-corrected chi connectivity index (χ3v) is 5.38. The van der Waals surface area contributed by atoms with Gasteiger partial charge in [-0.1, -0.05) is 12.1 Å². The van der Waals surface area contributed by atoms with Crippen molar-refractivity contribution in [3.05, 3.63) is 65.5 Å². The summed E-state index contributed by atoms with van der Waals surface area (Å²) in [5, 5.41) is 10.3. The van der Waals surface area contributed by atoms with Gasteiger partial charge in [0.25, 0.3) is 17.5 Å². The fraction of sp³-hybridized carbons (Fsp3) is 0.250. The number of nitrogens with one attached hydrogen (secondary N) is 2. The minimum Gasteiger partial charge on any atom is -0.463 e. The average molecular weight is 432 g/mol. The number of amides is 2. The molecule has 0 spiro atoms. The Morgan fingerprint density at radius 2 is 1.84 bits per heavy atom. The smallest absolute Gasteiger partial charge is 0.259 e. The molecule has 0 aliphatic carbocycles. The van der Waals surface area contributed by atoms with Crippen molar-refractivity contribution in [2.75, 3.05) is 5.32 Å². The van der Waals surface area contributed by atoms with Crippen LogP contribution in [0.4, 0.5) is 5.69 Å². The van der Waals surface area contributed by atoms with Gasteiger partial charge in [0.2, 0.25) is 0 Å². The van der Waals surface area contributed by atoms with Crippen LogP contribution in [0.1, 0.15) is 53.6 Å². The minimum atomic E-state index is -0.346. The van der Waals surface area contributed by atoms with Gasteiger partial charge < -0.3 is 19.6 Å². The number of pyridine rings is 1. The van der Waals surface area contributed by atoms with E-state index in [9.17, 15) is 9.59 Å². The number of hydrogen-bond donors (Lipinski definition) is 2. The molecule has 0 unspecified atom stereocenters. The number of carbonyl (C=O) groups is 2. The number of rotatable bonds is 6. The quantitative estimate of drug-likeness (QED) is 0.445. The van der Waals surface area contributed by atoms with Gasteiger partial charge in [-0.15, -0.1) is 0 Å². The predicted molar refractivity (Wildman–Crippen MR) is 120 cm³/mol. The molecular weight excluding hydrogens is 408 g/mol. The van der Waals surface area contributed by atoms with Crippen LogP contribution in [0.25, 0.3) is 22.6 Å². The summed E-state index contributed by atoms with van der Waals surface area (Å²) >= 11 is 0. The van der Waals surface area contributed by atoms with Gasteiger partial charge in [-0.3, -0.25) is 9.59 Å². The third-order valence-electron chi connectivity index (χ3n) is 5.38. The number of furan rings is 1. The highest BCUT2D eigenvalue weighted by atomic mass is 16.5. The number of aryl methyl sites for hydroxylation is 1. The number of hydrogen-bond acceptors (Lipinski definition) is 6. The van der Waals surface area contributed by atoms with Gasteiger partial charge in [0, 0.05) is 16.8 Å². The molecule has 8 nitrogen and oxygen atoms in total. The SMILES string of the molecule is CCC(C)(C)NC(=O)c1ccc(NC(=O)c2cc(-c3ccco3)nc3onc(C)c23)cc1. The van der Waals surface area contributed by atoms with Gasteiger partial charge >= 0.3 is 0 Å². The zero-order chi connectivity index (χ0) is 22.9. The van der Waals surface area contributed by atoms with E-state index in [0.29, 0.717) is 39.3 Å². The van der Waals surface area contributed by atoms with Crippen molar-refractivity contribution in [3.63, 3.8) is 0 Å². The third kappa shape index (κ3) is 4.25. The Morgan fingerprint density at radius 3 is 2.50 bits per heavy atom. The molecule has 8 heteroatoms. The molecule has 2 amide bonds. The Morgan fingerprint density at radius 1 is 1.09 bits per heavy atom. The normalized spacial score (nSPS) is 11.5. The molecule has 0 saturated heterocycles. The molecule has 0 aliphatic heterocycles. The van der Waals surface area contributed by atoms with Gasteiger partial charge in [0.1, 0.15) is 5.69 Å². The maximum atomic E-state index is 13.1. The largest absolute Gasteiger partial charge is 0.463 e. The molecule has 0 radical (unpaired) electrons. The standard InChI is InChI=1S/C24H24N4O4/c1-5-24(3,4)27-21(29)15-8-10-16(11-9-15)25-22(30)17-13-18(19-7-6-12-31-19)26-23-20(17)14(2)28-32-23/h6-13H,5H2,1-4H3,(H,25,30)(H,27,29). The first-order valence-corrected chi connectivity index (χ1v) is 10.3. The highest BCUT2D eigenvalue weighted by Crippen LogP contribution is 2.28. The van der Waals surface area contributed by atoms with Gasteiger partial charge in [-0.25, -0.2) is 4.98 Å². The number of fused-ring (bicyclic) bond motifs is 1. The highest BCUT2D eigenvalue weighted by molar-refractivity contribution is 6.13. The summed E-state index contributed by atoms with van der Waals surface area (Å²) in [6.07, 6.45) is 2.35. The van der Waals surface area contributed by atoms with Gasteiger partial charge in [-0.2, -0.15) is 0 Å². The van der Waals surface area contributed by atoms with Crippen molar-refractivity contribution in [1.29, 1.82) is 0 Å². The van der Waals surface area contributed by atoms with Crippen molar-refractivity contribution < 1.29 is 18.5 Å². The van der Waals surface area contributed by atoms with Gasteiger partial charge in [0.15, 0.2) is 5.76 Å². The Labute approximate surface area is 185 Å². The molecule has 0 saturated carbocycles. The Kier molecular flexibility index (Phi) is 5.52. The fourth-order valence-electron chi connectivity index (χ4n) is 3.20. The summed E-state index contributed by atoms with van der Waals surface area (Å²) in [5.41, 5.74) is 2.44. The van der Waals surface area contributed by atoms with Gasteiger partial charge in [0.05, 0.1) is 22.9 Å². The Bertz CT molecular complexity index is 1270. The fourth-order valence-corrected chi connectivity index (χ4v) is 3.20. The van der Waals surface area contributed by atoms with Crippen LogP contribution in [0, 0.1) is 6.92 Å². The van der Waals surface area contributed by atoms with Crippen LogP contribution in [-0.4, -0.2) is 27.5 Å². The molecule has 0 atom stereocenters. The van der Waals surface area contributed by atoms with E-state index in [2.05, 4.69) is 20.8 Å². The van der Waals surface area contributed by atoms with Crippen LogP contribution in [0.3, 0.4) is 0 Å². The Balaban J connectivity index is 1.59. The topological polar surface area (TPSA) is 110 Å². The van der Waals surface area contributed by atoms with E-state index in [-0.39, 0.29) is 23.1 Å². The van der Waals surface area contributed by atoms with E-state index in [4.69, 9.17) is 8.94 Å². The lowest BCUT2D eigenvalue weighted by atomic mass is 10.0. The van der Waals surface area contributed by atoms with Crippen molar-refractivity contribution in [3.8, 4) is 11.5 Å². The van der Waals surface area contributed by atoms with E-state index in [1.807, 2.05) is 20.8 Å². The molecule has 1 aromatic carbocycles. The second-order valence-electron chi connectivity index (χ2n) is 8.20. The number of aromatic nitrogens is 2. The number of benzene rings is 1. The van der Waals surface area contributed by atoms with Crippen LogP contribution in [0.5, 0.6) is 0 Å². The number of nitrogens with zero attached hydrogens (tertiary/aromatic N) is 2. The minimum absolute atomic E-state index is 0.159. The van der Waals surface area contributed by atoms with Crippen LogP contribution in [0.2, 0.25) is 0 Å². The summed E-state index contributed by atoms with van der Waals surface area (Å²) in [5.74, 6) is 0.00921. The van der Waals surface area contributed by atoms with Crippen molar-refractivity contribution in [2.24, 2.45) is 0 Å². The second kappa shape index (κ2) is 8.30. The first kappa shape index (κ1) is 21.3. The molecule has 4 aromatic rings. The van der Waals surface area contributed by atoms with E-state index < -0.39 is 0 Å². The van der Waals surface area contributed by atoms with E-state index in [1.165, 1.54) is 6.26 Å². The van der Waals surface area contributed by atoms with Crippen molar-refractivity contribution >= 4 is 28.6 Å². The molecule has 32 heavy (non-hydrogen) atoms. The summed E-state index contributed by atoms with van der Waals surface area (Å²) in [6.45, 7) is 7.71. The number of anilines is 1. The molecule has 0 fully saturated rings. The summed E-state index contributed by atoms with van der Waals surface area (Å²) in [6, 6.07) is 11.9. The zero-order valence-corrected chi connectivity index (χ0v) is 18.4. The monoisotopic (exact) mass is 432 g/mol. The molecule has 4 rings (SSSR count). The molecule has 0 bridgehead atoms. The predicted octanol–water partition coefficient (Wildman–Crippen LogP) is 4.96. The van der Waals surface area contributed by atoms with Crippen molar-refractivity contribution in [2.45, 2.75) is 39.7 Å².